The highest BCUT2D eigenvalue weighted by atomic mass is 32.1. The second kappa shape index (κ2) is 7.60. The van der Waals surface area contributed by atoms with Gasteiger partial charge in [-0.3, -0.25) is 9.78 Å². The number of amides is 1. The highest BCUT2D eigenvalue weighted by Crippen LogP contribution is 2.25. The minimum atomic E-state index is -0.101. The van der Waals surface area contributed by atoms with Crippen LogP contribution in [0.15, 0.2) is 72.2 Å². The third-order valence-electron chi connectivity index (χ3n) is 4.39. The number of thiophene rings is 1. The Kier molecular flexibility index (Phi) is 4.85. The molecule has 2 N–H and O–H groups in total. The van der Waals surface area contributed by atoms with Gasteiger partial charge >= 0.3 is 0 Å². The molecule has 1 amide bonds. The fourth-order valence-electron chi connectivity index (χ4n) is 2.95. The Morgan fingerprint density at radius 1 is 1.04 bits per heavy atom. The maximum atomic E-state index is 12.7. The van der Waals surface area contributed by atoms with Gasteiger partial charge in [-0.1, -0.05) is 35.9 Å². The zero-order chi connectivity index (χ0) is 18.6. The van der Waals surface area contributed by atoms with Crippen molar-refractivity contribution in [1.82, 2.24) is 4.98 Å². The van der Waals surface area contributed by atoms with Gasteiger partial charge < -0.3 is 10.6 Å². The van der Waals surface area contributed by atoms with Gasteiger partial charge in [-0.05, 0) is 48.2 Å². The third-order valence-corrected chi connectivity index (χ3v) is 5.30. The number of carbonyl (C=O) groups excluding carboxylic acids is 1. The van der Waals surface area contributed by atoms with E-state index >= 15 is 0 Å². The molecule has 27 heavy (non-hydrogen) atoms. The maximum absolute atomic E-state index is 12.7. The number of para-hydroxylation sites is 1. The van der Waals surface area contributed by atoms with E-state index in [1.165, 1.54) is 11.3 Å². The number of carbonyl (C=O) groups is 1. The molecule has 0 saturated heterocycles. The Morgan fingerprint density at radius 2 is 1.85 bits per heavy atom. The van der Waals surface area contributed by atoms with Gasteiger partial charge in [0.2, 0.25) is 0 Å². The van der Waals surface area contributed by atoms with Crippen LogP contribution in [0.3, 0.4) is 0 Å². The number of pyridine rings is 1. The summed E-state index contributed by atoms with van der Waals surface area (Å²) in [7, 11) is 0. The molecule has 4 aromatic rings. The fraction of sp³-hybridized carbons (Fsp3) is 0.0909. The summed E-state index contributed by atoms with van der Waals surface area (Å²) >= 11 is 1.43. The van der Waals surface area contributed by atoms with Crippen LogP contribution in [-0.2, 0) is 6.54 Å². The van der Waals surface area contributed by atoms with Crippen molar-refractivity contribution in [2.45, 2.75) is 13.5 Å². The van der Waals surface area contributed by atoms with E-state index < -0.39 is 0 Å². The first kappa shape index (κ1) is 17.2. The maximum Gasteiger partial charge on any atom is 0.267 e. The number of rotatable bonds is 5. The van der Waals surface area contributed by atoms with Crippen molar-refractivity contribution in [1.29, 1.82) is 0 Å². The SMILES string of the molecule is Cc1ccc(NC(=O)c2sccc2NCc2ccnc3ccccc23)cc1. The molecule has 0 bridgehead atoms. The van der Waals surface area contributed by atoms with Crippen molar-refractivity contribution in [3.05, 3.63) is 88.2 Å². The van der Waals surface area contributed by atoms with Crippen molar-refractivity contribution in [3.63, 3.8) is 0 Å². The van der Waals surface area contributed by atoms with Crippen LogP contribution < -0.4 is 10.6 Å². The summed E-state index contributed by atoms with van der Waals surface area (Å²) in [6.07, 6.45) is 1.82. The Morgan fingerprint density at radius 3 is 2.70 bits per heavy atom. The lowest BCUT2D eigenvalue weighted by molar-refractivity contribution is 0.103. The number of hydrogen-bond acceptors (Lipinski definition) is 4. The van der Waals surface area contributed by atoms with Crippen molar-refractivity contribution in [3.8, 4) is 0 Å². The molecule has 0 aliphatic carbocycles. The van der Waals surface area contributed by atoms with E-state index in [0.29, 0.717) is 11.4 Å². The fourth-order valence-corrected chi connectivity index (χ4v) is 3.71. The average molecular weight is 373 g/mol. The molecular formula is C22H19N3OS. The van der Waals surface area contributed by atoms with Crippen LogP contribution in [0.1, 0.15) is 20.8 Å². The molecule has 2 aromatic heterocycles. The summed E-state index contributed by atoms with van der Waals surface area (Å²) in [6.45, 7) is 2.65. The summed E-state index contributed by atoms with van der Waals surface area (Å²) in [5.41, 5.74) is 4.92. The van der Waals surface area contributed by atoms with Gasteiger partial charge in [0.05, 0.1) is 11.2 Å². The first-order valence-electron chi connectivity index (χ1n) is 8.73. The van der Waals surface area contributed by atoms with Crippen LogP contribution in [0.2, 0.25) is 0 Å². The number of benzene rings is 2. The number of anilines is 2. The van der Waals surface area contributed by atoms with Gasteiger partial charge in [0, 0.05) is 23.8 Å². The zero-order valence-electron chi connectivity index (χ0n) is 14.9. The molecule has 4 nitrogen and oxygen atoms in total. The molecule has 0 spiro atoms. The lowest BCUT2D eigenvalue weighted by Crippen LogP contribution is -2.12. The molecule has 5 heteroatoms. The predicted octanol–water partition coefficient (Wildman–Crippen LogP) is 5.47. The molecule has 0 unspecified atom stereocenters. The Balaban J connectivity index is 1.50. The lowest BCUT2D eigenvalue weighted by Gasteiger charge is -2.10. The lowest BCUT2D eigenvalue weighted by atomic mass is 10.1. The summed E-state index contributed by atoms with van der Waals surface area (Å²) in [4.78, 5) is 17.7. The number of aryl methyl sites for hydroxylation is 1. The summed E-state index contributed by atoms with van der Waals surface area (Å²) in [5, 5.41) is 9.41. The zero-order valence-corrected chi connectivity index (χ0v) is 15.7. The molecule has 0 atom stereocenters. The van der Waals surface area contributed by atoms with Gasteiger partial charge in [-0.25, -0.2) is 0 Å². The minimum absolute atomic E-state index is 0.101. The molecule has 0 fully saturated rings. The molecule has 0 radical (unpaired) electrons. The number of nitrogens with zero attached hydrogens (tertiary/aromatic N) is 1. The first-order chi connectivity index (χ1) is 13.2. The molecule has 0 saturated carbocycles. The summed E-state index contributed by atoms with van der Waals surface area (Å²) in [5.74, 6) is -0.101. The third kappa shape index (κ3) is 3.83. The van der Waals surface area contributed by atoms with Crippen LogP contribution in [-0.4, -0.2) is 10.9 Å². The van der Waals surface area contributed by atoms with Crippen molar-refractivity contribution >= 4 is 39.5 Å². The van der Waals surface area contributed by atoms with Gasteiger partial charge in [0.15, 0.2) is 0 Å². The van der Waals surface area contributed by atoms with E-state index in [9.17, 15) is 4.79 Å². The van der Waals surface area contributed by atoms with Crippen molar-refractivity contribution in [2.75, 3.05) is 10.6 Å². The van der Waals surface area contributed by atoms with E-state index in [0.717, 1.165) is 33.4 Å². The van der Waals surface area contributed by atoms with E-state index in [1.54, 1.807) is 0 Å². The predicted molar refractivity (Wildman–Crippen MR) is 113 cm³/mol. The number of aromatic nitrogens is 1. The van der Waals surface area contributed by atoms with E-state index in [-0.39, 0.29) is 5.91 Å². The highest BCUT2D eigenvalue weighted by Gasteiger charge is 2.14. The van der Waals surface area contributed by atoms with Crippen molar-refractivity contribution in [2.24, 2.45) is 0 Å². The normalized spacial score (nSPS) is 10.7. The molecule has 0 aliphatic rings. The van der Waals surface area contributed by atoms with E-state index in [1.807, 2.05) is 73.1 Å². The first-order valence-corrected chi connectivity index (χ1v) is 9.61. The molecule has 0 aliphatic heterocycles. The van der Waals surface area contributed by atoms with E-state index in [2.05, 4.69) is 21.7 Å². The summed E-state index contributed by atoms with van der Waals surface area (Å²) in [6, 6.07) is 19.8. The van der Waals surface area contributed by atoms with Gasteiger partial charge in [-0.15, -0.1) is 11.3 Å². The molecule has 4 rings (SSSR count). The van der Waals surface area contributed by atoms with Gasteiger partial charge in [0.1, 0.15) is 4.88 Å². The van der Waals surface area contributed by atoms with Crippen molar-refractivity contribution < 1.29 is 4.79 Å². The van der Waals surface area contributed by atoms with Crippen LogP contribution >= 0.6 is 11.3 Å². The minimum Gasteiger partial charge on any atom is -0.380 e. The Hall–Kier alpha value is -3.18. The number of fused-ring (bicyclic) bond motifs is 1. The highest BCUT2D eigenvalue weighted by molar-refractivity contribution is 7.12. The average Bonchev–Trinajstić information content (AvgIpc) is 3.17. The van der Waals surface area contributed by atoms with Crippen LogP contribution in [0.25, 0.3) is 10.9 Å². The van der Waals surface area contributed by atoms with Crippen LogP contribution in [0.4, 0.5) is 11.4 Å². The molecule has 2 aromatic carbocycles. The summed E-state index contributed by atoms with van der Waals surface area (Å²) < 4.78 is 0. The number of nitrogens with one attached hydrogen (secondary N) is 2. The quantitative estimate of drug-likeness (QED) is 0.488. The second-order valence-electron chi connectivity index (χ2n) is 6.32. The van der Waals surface area contributed by atoms with E-state index in [4.69, 9.17) is 0 Å². The molecular weight excluding hydrogens is 354 g/mol. The van der Waals surface area contributed by atoms with Gasteiger partial charge in [-0.2, -0.15) is 0 Å². The molecule has 134 valence electrons. The Labute approximate surface area is 161 Å². The van der Waals surface area contributed by atoms with Crippen LogP contribution in [0, 0.1) is 6.92 Å². The standard InChI is InChI=1S/C22H19N3OS/c1-15-6-8-17(9-7-15)25-22(26)21-20(11-13-27-21)24-14-16-10-12-23-19-5-3-2-4-18(16)19/h2-13,24H,14H2,1H3,(H,25,26). The monoisotopic (exact) mass is 373 g/mol. The molecule has 2 heterocycles. The number of hydrogen-bond donors (Lipinski definition) is 2. The van der Waals surface area contributed by atoms with Gasteiger partial charge in [0.25, 0.3) is 5.91 Å². The Bertz CT molecular complexity index is 1080. The van der Waals surface area contributed by atoms with Crippen LogP contribution in [0.5, 0.6) is 0 Å². The second-order valence-corrected chi connectivity index (χ2v) is 7.24. The largest absolute Gasteiger partial charge is 0.380 e. The topological polar surface area (TPSA) is 54.0 Å². The smallest absolute Gasteiger partial charge is 0.267 e.